The Kier molecular flexibility index (Phi) is 7.75. The average Bonchev–Trinajstić information content (AvgIpc) is 2.60. The number of hydrogen-bond donors (Lipinski definition) is 1. The van der Waals surface area contributed by atoms with Crippen LogP contribution >= 0.6 is 0 Å². The van der Waals surface area contributed by atoms with Crippen molar-refractivity contribution in [1.82, 2.24) is 4.90 Å². The van der Waals surface area contributed by atoms with Crippen molar-refractivity contribution < 1.29 is 19.4 Å². The minimum atomic E-state index is -0.795. The zero-order valence-corrected chi connectivity index (χ0v) is 14.2. The molecule has 132 valence electrons. The summed E-state index contributed by atoms with van der Waals surface area (Å²) in [6.07, 6.45) is 4.75. The number of carboxylic acids is 1. The van der Waals surface area contributed by atoms with E-state index in [1.165, 1.54) is 5.56 Å². The summed E-state index contributed by atoms with van der Waals surface area (Å²) < 4.78 is 5.94. The molecule has 1 aromatic carbocycles. The van der Waals surface area contributed by atoms with Gasteiger partial charge in [-0.2, -0.15) is 0 Å². The molecule has 0 unspecified atom stereocenters. The number of carboxylic acid groups (broad SMARTS) is 1. The van der Waals surface area contributed by atoms with Gasteiger partial charge in [-0.15, -0.1) is 0 Å². The van der Waals surface area contributed by atoms with E-state index in [0.717, 1.165) is 39.0 Å². The molecule has 1 N–H and O–H groups in total. The van der Waals surface area contributed by atoms with E-state index in [-0.39, 0.29) is 18.4 Å². The topological polar surface area (TPSA) is 66.8 Å². The van der Waals surface area contributed by atoms with E-state index in [0.29, 0.717) is 19.3 Å². The summed E-state index contributed by atoms with van der Waals surface area (Å²) >= 11 is 0. The molecule has 0 atom stereocenters. The third-order valence-electron chi connectivity index (χ3n) is 4.41. The highest BCUT2D eigenvalue weighted by atomic mass is 16.5. The minimum absolute atomic E-state index is 0.142. The molecule has 0 radical (unpaired) electrons. The predicted molar refractivity (Wildman–Crippen MR) is 91.8 cm³/mol. The van der Waals surface area contributed by atoms with Gasteiger partial charge in [0.15, 0.2) is 0 Å². The largest absolute Gasteiger partial charge is 0.481 e. The molecule has 1 heterocycles. The SMILES string of the molecule is O=C(O)CCCCC(=O)N1CCC(OCCc2ccccc2)CC1. The summed E-state index contributed by atoms with van der Waals surface area (Å²) in [6, 6.07) is 10.3. The van der Waals surface area contributed by atoms with Crippen LogP contribution in [-0.4, -0.2) is 47.7 Å². The minimum Gasteiger partial charge on any atom is -0.481 e. The number of nitrogens with zero attached hydrogens (tertiary/aromatic N) is 1. The smallest absolute Gasteiger partial charge is 0.303 e. The molecule has 1 aromatic rings. The van der Waals surface area contributed by atoms with Gasteiger partial charge >= 0.3 is 5.97 Å². The van der Waals surface area contributed by atoms with Gasteiger partial charge in [0.2, 0.25) is 5.91 Å². The molecule has 2 rings (SSSR count). The van der Waals surface area contributed by atoms with Crippen LogP contribution in [0.25, 0.3) is 0 Å². The van der Waals surface area contributed by atoms with Crippen LogP contribution in [0.3, 0.4) is 0 Å². The molecular weight excluding hydrogens is 306 g/mol. The van der Waals surface area contributed by atoms with E-state index in [4.69, 9.17) is 9.84 Å². The molecule has 1 aliphatic rings. The second-order valence-electron chi connectivity index (χ2n) is 6.29. The monoisotopic (exact) mass is 333 g/mol. The number of unbranched alkanes of at least 4 members (excludes halogenated alkanes) is 1. The Hall–Kier alpha value is -1.88. The van der Waals surface area contributed by atoms with E-state index < -0.39 is 5.97 Å². The summed E-state index contributed by atoms with van der Waals surface area (Å²) in [4.78, 5) is 24.4. The highest BCUT2D eigenvalue weighted by molar-refractivity contribution is 5.76. The van der Waals surface area contributed by atoms with Crippen LogP contribution in [0.15, 0.2) is 30.3 Å². The number of rotatable bonds is 9. The number of amides is 1. The van der Waals surface area contributed by atoms with Crippen LogP contribution in [-0.2, 0) is 20.7 Å². The maximum Gasteiger partial charge on any atom is 0.303 e. The number of carbonyl (C=O) groups excluding carboxylic acids is 1. The maximum atomic E-state index is 12.1. The fourth-order valence-corrected chi connectivity index (χ4v) is 2.97. The van der Waals surface area contributed by atoms with Crippen LogP contribution in [0.2, 0.25) is 0 Å². The number of carbonyl (C=O) groups is 2. The molecule has 5 heteroatoms. The van der Waals surface area contributed by atoms with Gasteiger partial charge in [0.1, 0.15) is 0 Å². The van der Waals surface area contributed by atoms with Gasteiger partial charge < -0.3 is 14.7 Å². The number of likely N-dealkylation sites (tertiary alicyclic amines) is 1. The summed E-state index contributed by atoms with van der Waals surface area (Å²) in [7, 11) is 0. The van der Waals surface area contributed by atoms with Crippen molar-refractivity contribution in [2.24, 2.45) is 0 Å². The molecule has 5 nitrogen and oxygen atoms in total. The van der Waals surface area contributed by atoms with Crippen LogP contribution in [0.4, 0.5) is 0 Å². The van der Waals surface area contributed by atoms with Gasteiger partial charge in [-0.1, -0.05) is 30.3 Å². The fourth-order valence-electron chi connectivity index (χ4n) is 2.97. The second kappa shape index (κ2) is 10.1. The summed E-state index contributed by atoms with van der Waals surface area (Å²) in [5.74, 6) is -0.654. The number of benzene rings is 1. The number of ether oxygens (including phenoxy) is 1. The molecule has 1 fully saturated rings. The molecule has 24 heavy (non-hydrogen) atoms. The Morgan fingerprint density at radius 2 is 1.75 bits per heavy atom. The Morgan fingerprint density at radius 1 is 1.08 bits per heavy atom. The lowest BCUT2D eigenvalue weighted by molar-refractivity contribution is -0.138. The van der Waals surface area contributed by atoms with E-state index >= 15 is 0 Å². The lowest BCUT2D eigenvalue weighted by Gasteiger charge is -2.32. The first-order valence-electron chi connectivity index (χ1n) is 8.80. The number of aliphatic carboxylic acids is 1. The first-order valence-corrected chi connectivity index (χ1v) is 8.80. The predicted octanol–water partition coefficient (Wildman–Crippen LogP) is 2.88. The van der Waals surface area contributed by atoms with Gasteiger partial charge in [0.05, 0.1) is 12.7 Å². The summed E-state index contributed by atoms with van der Waals surface area (Å²) in [6.45, 7) is 2.21. The quantitative estimate of drug-likeness (QED) is 0.706. The Labute approximate surface area is 143 Å². The van der Waals surface area contributed by atoms with Crippen LogP contribution in [0.1, 0.15) is 44.1 Å². The van der Waals surface area contributed by atoms with Crippen LogP contribution < -0.4 is 0 Å². The average molecular weight is 333 g/mol. The van der Waals surface area contributed by atoms with Crippen LogP contribution in [0, 0.1) is 0 Å². The first-order chi connectivity index (χ1) is 11.6. The highest BCUT2D eigenvalue weighted by Gasteiger charge is 2.22. The molecule has 0 bridgehead atoms. The highest BCUT2D eigenvalue weighted by Crippen LogP contribution is 2.16. The van der Waals surface area contributed by atoms with Crippen molar-refractivity contribution in [3.05, 3.63) is 35.9 Å². The number of piperidine rings is 1. The normalized spacial score (nSPS) is 15.4. The second-order valence-corrected chi connectivity index (χ2v) is 6.29. The Balaban J connectivity index is 1.57. The number of hydrogen-bond acceptors (Lipinski definition) is 3. The Morgan fingerprint density at radius 3 is 2.42 bits per heavy atom. The van der Waals surface area contributed by atoms with E-state index in [9.17, 15) is 9.59 Å². The third kappa shape index (κ3) is 6.71. The van der Waals surface area contributed by atoms with Crippen molar-refractivity contribution in [2.45, 2.75) is 51.0 Å². The van der Waals surface area contributed by atoms with Gasteiger partial charge in [-0.05, 0) is 37.7 Å². The summed E-state index contributed by atoms with van der Waals surface area (Å²) in [5.41, 5.74) is 1.28. The lowest BCUT2D eigenvalue weighted by Crippen LogP contribution is -2.41. The maximum absolute atomic E-state index is 12.1. The van der Waals surface area contributed by atoms with E-state index in [1.807, 2.05) is 23.1 Å². The third-order valence-corrected chi connectivity index (χ3v) is 4.41. The molecule has 1 saturated heterocycles. The van der Waals surface area contributed by atoms with Gasteiger partial charge in [-0.25, -0.2) is 0 Å². The Bertz CT molecular complexity index is 509. The molecule has 0 aliphatic carbocycles. The molecule has 1 amide bonds. The van der Waals surface area contributed by atoms with Gasteiger partial charge in [0, 0.05) is 25.9 Å². The lowest BCUT2D eigenvalue weighted by atomic mass is 10.1. The molecule has 0 saturated carbocycles. The first kappa shape index (κ1) is 18.5. The zero-order chi connectivity index (χ0) is 17.2. The molecule has 1 aliphatic heterocycles. The standard InChI is InChI=1S/C19H27NO4/c21-18(8-4-5-9-19(22)23)20-13-10-17(11-14-20)24-15-12-16-6-2-1-3-7-16/h1-3,6-7,17H,4-5,8-15H2,(H,22,23). The van der Waals surface area contributed by atoms with Crippen molar-refractivity contribution in [3.8, 4) is 0 Å². The van der Waals surface area contributed by atoms with Crippen LogP contribution in [0.5, 0.6) is 0 Å². The zero-order valence-electron chi connectivity index (χ0n) is 14.2. The van der Waals surface area contributed by atoms with Crippen molar-refractivity contribution in [1.29, 1.82) is 0 Å². The molecular formula is C19H27NO4. The fraction of sp³-hybridized carbons (Fsp3) is 0.579. The molecule has 0 aromatic heterocycles. The van der Waals surface area contributed by atoms with Crippen molar-refractivity contribution in [2.75, 3.05) is 19.7 Å². The summed E-state index contributed by atoms with van der Waals surface area (Å²) in [5, 5.41) is 8.59. The van der Waals surface area contributed by atoms with Crippen molar-refractivity contribution in [3.63, 3.8) is 0 Å². The van der Waals surface area contributed by atoms with Crippen molar-refractivity contribution >= 4 is 11.9 Å². The molecule has 0 spiro atoms. The van der Waals surface area contributed by atoms with Gasteiger partial charge in [0.25, 0.3) is 0 Å². The van der Waals surface area contributed by atoms with Gasteiger partial charge in [-0.3, -0.25) is 9.59 Å². The van der Waals surface area contributed by atoms with E-state index in [2.05, 4.69) is 12.1 Å². The van der Waals surface area contributed by atoms with E-state index in [1.54, 1.807) is 0 Å².